The minimum absolute atomic E-state index is 0.0393. The highest BCUT2D eigenvalue weighted by Gasteiger charge is 2.16. The van der Waals surface area contributed by atoms with Gasteiger partial charge in [-0.05, 0) is 31.0 Å². The zero-order chi connectivity index (χ0) is 13.5. The summed E-state index contributed by atoms with van der Waals surface area (Å²) in [4.78, 5) is 13.4. The van der Waals surface area contributed by atoms with Crippen LogP contribution in [-0.2, 0) is 4.79 Å². The second kappa shape index (κ2) is 7.04. The van der Waals surface area contributed by atoms with E-state index in [4.69, 9.17) is 5.11 Å². The summed E-state index contributed by atoms with van der Waals surface area (Å²) in [6, 6.07) is 9.57. The molecule has 0 aliphatic rings. The molecular formula is C13H16N2O2S. The van der Waals surface area contributed by atoms with Gasteiger partial charge in [0.15, 0.2) is 0 Å². The van der Waals surface area contributed by atoms with Crippen molar-refractivity contribution < 1.29 is 9.90 Å². The van der Waals surface area contributed by atoms with Crippen LogP contribution >= 0.6 is 11.8 Å². The lowest BCUT2D eigenvalue weighted by Crippen LogP contribution is -2.26. The molecule has 0 amide bonds. The highest BCUT2D eigenvalue weighted by molar-refractivity contribution is 7.98. The molecule has 1 aromatic rings. The summed E-state index contributed by atoms with van der Waals surface area (Å²) in [6.45, 7) is 0.359. The van der Waals surface area contributed by atoms with Gasteiger partial charge >= 0.3 is 5.97 Å². The fourth-order valence-electron chi connectivity index (χ4n) is 1.61. The molecule has 0 fully saturated rings. The first-order valence-corrected chi connectivity index (χ1v) is 6.76. The average molecular weight is 264 g/mol. The summed E-state index contributed by atoms with van der Waals surface area (Å²) >= 11 is 1.65. The minimum atomic E-state index is -0.851. The van der Waals surface area contributed by atoms with Gasteiger partial charge in [-0.1, -0.05) is 12.1 Å². The van der Waals surface area contributed by atoms with E-state index in [0.29, 0.717) is 6.54 Å². The summed E-state index contributed by atoms with van der Waals surface area (Å²) in [5.74, 6) is -0.851. The molecule has 0 radical (unpaired) electrons. The zero-order valence-corrected chi connectivity index (χ0v) is 11.3. The van der Waals surface area contributed by atoms with Gasteiger partial charge in [0.2, 0.25) is 0 Å². The second-order valence-corrected chi connectivity index (χ2v) is 4.81. The number of carboxylic acids is 1. The third-order valence-electron chi connectivity index (χ3n) is 2.67. The molecule has 0 heterocycles. The smallest absolute Gasteiger partial charge is 0.304 e. The fraction of sp³-hybridized carbons (Fsp3) is 0.385. The first kappa shape index (κ1) is 14.6. The highest BCUT2D eigenvalue weighted by atomic mass is 32.2. The van der Waals surface area contributed by atoms with Gasteiger partial charge in [0.25, 0.3) is 0 Å². The van der Waals surface area contributed by atoms with Crippen molar-refractivity contribution in [3.05, 3.63) is 29.8 Å². The lowest BCUT2D eigenvalue weighted by atomic mass is 10.1. The van der Waals surface area contributed by atoms with E-state index in [2.05, 4.69) is 6.07 Å². The summed E-state index contributed by atoms with van der Waals surface area (Å²) in [5, 5.41) is 17.8. The van der Waals surface area contributed by atoms with Gasteiger partial charge in [-0.25, -0.2) is 0 Å². The first-order chi connectivity index (χ1) is 8.58. The van der Waals surface area contributed by atoms with E-state index in [1.165, 1.54) is 0 Å². The number of carboxylic acid groups (broad SMARTS) is 1. The molecule has 1 atom stereocenters. The molecule has 0 aliphatic heterocycles. The van der Waals surface area contributed by atoms with E-state index in [1.807, 2.05) is 30.5 Å². The predicted molar refractivity (Wildman–Crippen MR) is 71.5 cm³/mol. The molecule has 18 heavy (non-hydrogen) atoms. The van der Waals surface area contributed by atoms with Gasteiger partial charge in [-0.15, -0.1) is 11.8 Å². The van der Waals surface area contributed by atoms with Gasteiger partial charge in [-0.2, -0.15) is 5.26 Å². The van der Waals surface area contributed by atoms with E-state index < -0.39 is 12.0 Å². The molecule has 0 spiro atoms. The van der Waals surface area contributed by atoms with Crippen molar-refractivity contribution in [2.24, 2.45) is 0 Å². The monoisotopic (exact) mass is 264 g/mol. The second-order valence-electron chi connectivity index (χ2n) is 3.93. The molecule has 5 heteroatoms. The van der Waals surface area contributed by atoms with Gasteiger partial charge in [0.1, 0.15) is 6.04 Å². The summed E-state index contributed by atoms with van der Waals surface area (Å²) < 4.78 is 0. The minimum Gasteiger partial charge on any atom is -0.481 e. The Balaban J connectivity index is 2.75. The predicted octanol–water partition coefficient (Wildman–Crippen LogP) is 2.38. The van der Waals surface area contributed by atoms with Crippen molar-refractivity contribution in [1.29, 1.82) is 5.26 Å². The molecule has 0 saturated heterocycles. The van der Waals surface area contributed by atoms with Gasteiger partial charge in [0, 0.05) is 11.4 Å². The van der Waals surface area contributed by atoms with E-state index in [0.717, 1.165) is 10.5 Å². The van der Waals surface area contributed by atoms with E-state index in [1.54, 1.807) is 23.7 Å². The third-order valence-corrected chi connectivity index (χ3v) is 3.42. The summed E-state index contributed by atoms with van der Waals surface area (Å²) in [5.41, 5.74) is 0.892. The topological polar surface area (TPSA) is 64.3 Å². The molecule has 4 nitrogen and oxygen atoms in total. The number of rotatable bonds is 6. The van der Waals surface area contributed by atoms with Crippen LogP contribution in [0.1, 0.15) is 18.0 Å². The Labute approximate surface area is 111 Å². The molecule has 96 valence electrons. The Bertz CT molecular complexity index is 439. The Morgan fingerprint density at radius 2 is 2.11 bits per heavy atom. The number of nitrogens with zero attached hydrogens (tertiary/aromatic N) is 2. The maximum Gasteiger partial charge on any atom is 0.304 e. The Morgan fingerprint density at radius 1 is 1.50 bits per heavy atom. The number of thioether (sulfide) groups is 1. The fourth-order valence-corrected chi connectivity index (χ4v) is 2.02. The number of aliphatic carboxylic acids is 1. The van der Waals surface area contributed by atoms with Crippen LogP contribution in [0, 0.1) is 11.3 Å². The van der Waals surface area contributed by atoms with Crippen molar-refractivity contribution in [3.8, 4) is 6.07 Å². The molecule has 1 unspecified atom stereocenters. The van der Waals surface area contributed by atoms with Gasteiger partial charge < -0.3 is 5.11 Å². The standard InChI is InChI=1S/C13H16N2O2S/c1-15(8-7-13(16)17)12(9-14)10-3-5-11(18-2)6-4-10/h3-6,12H,7-8H2,1-2H3,(H,16,17). The normalized spacial score (nSPS) is 12.1. The van der Waals surface area contributed by atoms with Crippen LogP contribution in [0.15, 0.2) is 29.2 Å². The van der Waals surface area contributed by atoms with Crippen LogP contribution in [0.3, 0.4) is 0 Å². The molecule has 1 N–H and O–H groups in total. The Kier molecular flexibility index (Phi) is 5.69. The SMILES string of the molecule is CSc1ccc(C(C#N)N(C)CCC(=O)O)cc1. The zero-order valence-electron chi connectivity index (χ0n) is 10.5. The van der Waals surface area contributed by atoms with Crippen LogP contribution in [0.5, 0.6) is 0 Å². The highest BCUT2D eigenvalue weighted by Crippen LogP contribution is 2.22. The van der Waals surface area contributed by atoms with Crippen LogP contribution in [0.2, 0.25) is 0 Å². The van der Waals surface area contributed by atoms with Crippen molar-refractivity contribution >= 4 is 17.7 Å². The maximum atomic E-state index is 10.5. The maximum absolute atomic E-state index is 10.5. The number of nitriles is 1. The third kappa shape index (κ3) is 4.06. The van der Waals surface area contributed by atoms with E-state index in [9.17, 15) is 10.1 Å². The first-order valence-electron chi connectivity index (χ1n) is 5.54. The number of hydrogen-bond donors (Lipinski definition) is 1. The van der Waals surface area contributed by atoms with E-state index >= 15 is 0 Å². The molecular weight excluding hydrogens is 248 g/mol. The molecule has 0 saturated carbocycles. The Hall–Kier alpha value is -1.51. The van der Waals surface area contributed by atoms with Crippen LogP contribution in [-0.4, -0.2) is 35.8 Å². The average Bonchev–Trinajstić information content (AvgIpc) is 2.38. The molecule has 1 aromatic carbocycles. The summed E-state index contributed by atoms with van der Waals surface area (Å²) in [6.07, 6.45) is 2.04. The van der Waals surface area contributed by atoms with Crippen LogP contribution < -0.4 is 0 Å². The van der Waals surface area contributed by atoms with Crippen molar-refractivity contribution in [3.63, 3.8) is 0 Å². The lowest BCUT2D eigenvalue weighted by Gasteiger charge is -2.22. The lowest BCUT2D eigenvalue weighted by molar-refractivity contribution is -0.137. The number of benzene rings is 1. The molecule has 0 aliphatic carbocycles. The largest absolute Gasteiger partial charge is 0.481 e. The molecule has 0 aromatic heterocycles. The van der Waals surface area contributed by atoms with Crippen LogP contribution in [0.25, 0.3) is 0 Å². The quantitative estimate of drug-likeness (QED) is 0.799. The number of hydrogen-bond acceptors (Lipinski definition) is 4. The Morgan fingerprint density at radius 3 is 2.56 bits per heavy atom. The van der Waals surface area contributed by atoms with E-state index in [-0.39, 0.29) is 6.42 Å². The number of carbonyl (C=O) groups is 1. The van der Waals surface area contributed by atoms with Crippen molar-refractivity contribution in [1.82, 2.24) is 4.90 Å². The molecule has 1 rings (SSSR count). The van der Waals surface area contributed by atoms with Crippen molar-refractivity contribution in [2.45, 2.75) is 17.4 Å². The molecule has 0 bridgehead atoms. The summed E-state index contributed by atoms with van der Waals surface area (Å²) in [7, 11) is 1.76. The van der Waals surface area contributed by atoms with Gasteiger partial charge in [-0.3, -0.25) is 9.69 Å². The van der Waals surface area contributed by atoms with Crippen molar-refractivity contribution in [2.75, 3.05) is 19.8 Å². The van der Waals surface area contributed by atoms with Gasteiger partial charge in [0.05, 0.1) is 12.5 Å². The van der Waals surface area contributed by atoms with Crippen LogP contribution in [0.4, 0.5) is 0 Å².